The summed E-state index contributed by atoms with van der Waals surface area (Å²) >= 11 is 0. The molecule has 1 rings (SSSR count). The zero-order valence-corrected chi connectivity index (χ0v) is 11.5. The second kappa shape index (κ2) is 6.55. The van der Waals surface area contributed by atoms with E-state index in [1.54, 1.807) is 6.92 Å². The molecule has 0 amide bonds. The Kier molecular flexibility index (Phi) is 5.35. The summed E-state index contributed by atoms with van der Waals surface area (Å²) in [6.07, 6.45) is 2.51. The third-order valence-electron chi connectivity index (χ3n) is 3.34. The summed E-state index contributed by atoms with van der Waals surface area (Å²) in [5.74, 6) is -0.783. The number of carboxylic acids is 1. The molecule has 1 atom stereocenters. The molecule has 0 radical (unpaired) electrons. The van der Waals surface area contributed by atoms with Gasteiger partial charge in [0, 0.05) is 6.54 Å². The maximum atomic E-state index is 11.3. The van der Waals surface area contributed by atoms with Crippen LogP contribution in [0, 0.1) is 0 Å². The van der Waals surface area contributed by atoms with E-state index in [0.717, 1.165) is 18.4 Å². The molecular formula is C15H23NO2. The first-order chi connectivity index (χ1) is 8.51. The molecule has 0 heterocycles. The van der Waals surface area contributed by atoms with Gasteiger partial charge in [-0.3, -0.25) is 10.1 Å². The van der Waals surface area contributed by atoms with Gasteiger partial charge in [0.1, 0.15) is 5.54 Å². The van der Waals surface area contributed by atoms with E-state index in [4.69, 9.17) is 0 Å². The van der Waals surface area contributed by atoms with Crippen LogP contribution in [-0.2, 0) is 17.8 Å². The van der Waals surface area contributed by atoms with Gasteiger partial charge in [-0.05, 0) is 30.9 Å². The Bertz CT molecular complexity index is 386. The van der Waals surface area contributed by atoms with Crippen LogP contribution in [0.25, 0.3) is 0 Å². The molecule has 1 aromatic carbocycles. The second-order valence-corrected chi connectivity index (χ2v) is 4.91. The first-order valence-corrected chi connectivity index (χ1v) is 6.58. The molecule has 18 heavy (non-hydrogen) atoms. The zero-order chi connectivity index (χ0) is 13.6. The van der Waals surface area contributed by atoms with Crippen LogP contribution in [0.2, 0.25) is 0 Å². The van der Waals surface area contributed by atoms with Crippen molar-refractivity contribution in [2.75, 3.05) is 0 Å². The molecule has 0 spiro atoms. The van der Waals surface area contributed by atoms with Crippen molar-refractivity contribution in [3.8, 4) is 0 Å². The van der Waals surface area contributed by atoms with E-state index in [1.807, 2.05) is 6.92 Å². The number of hydrogen-bond acceptors (Lipinski definition) is 2. The third kappa shape index (κ3) is 3.84. The van der Waals surface area contributed by atoms with E-state index < -0.39 is 11.5 Å². The lowest BCUT2D eigenvalue weighted by molar-refractivity contribution is -0.144. The van der Waals surface area contributed by atoms with Crippen LogP contribution in [0.3, 0.4) is 0 Å². The molecule has 0 saturated carbocycles. The lowest BCUT2D eigenvalue weighted by atomic mass is 9.96. The predicted octanol–water partition coefficient (Wildman–Crippen LogP) is 2.98. The van der Waals surface area contributed by atoms with Crippen LogP contribution < -0.4 is 5.32 Å². The standard InChI is InChI=1S/C15H23NO2/c1-4-10-15(3,14(17)18)16-11-13-8-6-12(5-2)7-9-13/h6-9,16H,4-5,10-11H2,1-3H3,(H,17,18). The van der Waals surface area contributed by atoms with Gasteiger partial charge in [-0.15, -0.1) is 0 Å². The Labute approximate surface area is 109 Å². The van der Waals surface area contributed by atoms with Crippen LogP contribution in [-0.4, -0.2) is 16.6 Å². The van der Waals surface area contributed by atoms with Crippen LogP contribution in [0.15, 0.2) is 24.3 Å². The van der Waals surface area contributed by atoms with Crippen molar-refractivity contribution >= 4 is 5.97 Å². The van der Waals surface area contributed by atoms with Crippen molar-refractivity contribution in [2.24, 2.45) is 0 Å². The predicted molar refractivity (Wildman–Crippen MR) is 73.6 cm³/mol. The van der Waals surface area contributed by atoms with Gasteiger partial charge >= 0.3 is 5.97 Å². The molecule has 3 nitrogen and oxygen atoms in total. The number of carboxylic acid groups (broad SMARTS) is 1. The quantitative estimate of drug-likeness (QED) is 0.781. The average Bonchev–Trinajstić information content (AvgIpc) is 2.37. The van der Waals surface area contributed by atoms with E-state index in [9.17, 15) is 9.90 Å². The summed E-state index contributed by atoms with van der Waals surface area (Å²) in [6, 6.07) is 8.30. The van der Waals surface area contributed by atoms with E-state index in [0.29, 0.717) is 13.0 Å². The topological polar surface area (TPSA) is 49.3 Å². The number of nitrogens with one attached hydrogen (secondary N) is 1. The molecule has 100 valence electrons. The Hall–Kier alpha value is -1.35. The Balaban J connectivity index is 2.64. The number of carbonyl (C=O) groups is 1. The van der Waals surface area contributed by atoms with Crippen molar-refractivity contribution < 1.29 is 9.90 Å². The highest BCUT2D eigenvalue weighted by molar-refractivity contribution is 5.78. The van der Waals surface area contributed by atoms with Gasteiger partial charge in [0.2, 0.25) is 0 Å². The number of aliphatic carboxylic acids is 1. The molecule has 0 saturated heterocycles. The van der Waals surface area contributed by atoms with Crippen molar-refractivity contribution in [2.45, 2.75) is 52.1 Å². The fourth-order valence-corrected chi connectivity index (χ4v) is 1.96. The first kappa shape index (κ1) is 14.7. The van der Waals surface area contributed by atoms with E-state index >= 15 is 0 Å². The van der Waals surface area contributed by atoms with Gasteiger partial charge in [-0.1, -0.05) is 44.5 Å². The summed E-state index contributed by atoms with van der Waals surface area (Å²) in [4.78, 5) is 11.3. The van der Waals surface area contributed by atoms with Gasteiger partial charge in [-0.2, -0.15) is 0 Å². The van der Waals surface area contributed by atoms with E-state index in [1.165, 1.54) is 5.56 Å². The van der Waals surface area contributed by atoms with Crippen LogP contribution >= 0.6 is 0 Å². The van der Waals surface area contributed by atoms with Gasteiger partial charge < -0.3 is 5.11 Å². The molecular weight excluding hydrogens is 226 g/mol. The van der Waals surface area contributed by atoms with Gasteiger partial charge in [0.05, 0.1) is 0 Å². The Morgan fingerprint density at radius 3 is 2.22 bits per heavy atom. The Morgan fingerprint density at radius 1 is 1.22 bits per heavy atom. The lowest BCUT2D eigenvalue weighted by Gasteiger charge is -2.26. The minimum atomic E-state index is -0.835. The fraction of sp³-hybridized carbons (Fsp3) is 0.533. The van der Waals surface area contributed by atoms with Crippen molar-refractivity contribution in [1.29, 1.82) is 0 Å². The van der Waals surface area contributed by atoms with Crippen molar-refractivity contribution in [1.82, 2.24) is 5.32 Å². The number of rotatable bonds is 7. The maximum absolute atomic E-state index is 11.3. The van der Waals surface area contributed by atoms with Gasteiger partial charge in [-0.25, -0.2) is 0 Å². The average molecular weight is 249 g/mol. The Morgan fingerprint density at radius 2 is 1.78 bits per heavy atom. The SMILES string of the molecule is CCCC(C)(NCc1ccc(CC)cc1)C(=O)O. The molecule has 0 aliphatic carbocycles. The smallest absolute Gasteiger partial charge is 0.323 e. The normalized spacial score (nSPS) is 14.2. The molecule has 1 aromatic rings. The summed E-state index contributed by atoms with van der Waals surface area (Å²) in [6.45, 7) is 6.46. The molecule has 0 fully saturated rings. The zero-order valence-electron chi connectivity index (χ0n) is 11.5. The summed E-state index contributed by atoms with van der Waals surface area (Å²) in [5.41, 5.74) is 1.59. The maximum Gasteiger partial charge on any atom is 0.323 e. The third-order valence-corrected chi connectivity index (χ3v) is 3.34. The minimum absolute atomic E-state index is 0.590. The van der Waals surface area contributed by atoms with Crippen LogP contribution in [0.4, 0.5) is 0 Å². The largest absolute Gasteiger partial charge is 0.480 e. The number of benzene rings is 1. The monoisotopic (exact) mass is 249 g/mol. The van der Waals surface area contributed by atoms with Gasteiger partial charge in [0.25, 0.3) is 0 Å². The second-order valence-electron chi connectivity index (χ2n) is 4.91. The van der Waals surface area contributed by atoms with Gasteiger partial charge in [0.15, 0.2) is 0 Å². The summed E-state index contributed by atoms with van der Waals surface area (Å²) in [5, 5.41) is 12.4. The summed E-state index contributed by atoms with van der Waals surface area (Å²) < 4.78 is 0. The number of aryl methyl sites for hydroxylation is 1. The molecule has 0 aromatic heterocycles. The van der Waals surface area contributed by atoms with Crippen LogP contribution in [0.1, 0.15) is 44.7 Å². The number of hydrogen-bond donors (Lipinski definition) is 2. The molecule has 0 aliphatic heterocycles. The fourth-order valence-electron chi connectivity index (χ4n) is 1.96. The highest BCUT2D eigenvalue weighted by atomic mass is 16.4. The molecule has 1 unspecified atom stereocenters. The van der Waals surface area contributed by atoms with Crippen LogP contribution in [0.5, 0.6) is 0 Å². The highest BCUT2D eigenvalue weighted by Crippen LogP contribution is 2.14. The highest BCUT2D eigenvalue weighted by Gasteiger charge is 2.31. The minimum Gasteiger partial charge on any atom is -0.480 e. The van der Waals surface area contributed by atoms with Crippen molar-refractivity contribution in [3.63, 3.8) is 0 Å². The van der Waals surface area contributed by atoms with E-state index in [-0.39, 0.29) is 0 Å². The first-order valence-electron chi connectivity index (χ1n) is 6.58. The summed E-state index contributed by atoms with van der Waals surface area (Å²) in [7, 11) is 0. The molecule has 2 N–H and O–H groups in total. The molecule has 0 aliphatic rings. The molecule has 3 heteroatoms. The molecule has 0 bridgehead atoms. The van der Waals surface area contributed by atoms with Crippen molar-refractivity contribution in [3.05, 3.63) is 35.4 Å². The lowest BCUT2D eigenvalue weighted by Crippen LogP contribution is -2.48. The van der Waals surface area contributed by atoms with E-state index in [2.05, 4.69) is 36.5 Å².